The molecule has 0 fully saturated rings. The van der Waals surface area contributed by atoms with Crippen LogP contribution < -0.4 is 5.32 Å². The van der Waals surface area contributed by atoms with Crippen molar-refractivity contribution in [3.05, 3.63) is 35.5 Å². The number of hydrogen-bond donors (Lipinski definition) is 1. The van der Waals surface area contributed by atoms with Crippen LogP contribution in [0.1, 0.15) is 12.6 Å². The van der Waals surface area contributed by atoms with Crippen LogP contribution in [0.5, 0.6) is 0 Å². The van der Waals surface area contributed by atoms with Crippen molar-refractivity contribution in [2.24, 2.45) is 0 Å². The Balaban J connectivity index is 1.98. The zero-order valence-corrected chi connectivity index (χ0v) is 10.4. The molecule has 86 valence electrons. The van der Waals surface area contributed by atoms with E-state index in [-0.39, 0.29) is 0 Å². The molecule has 0 aromatic carbocycles. The first-order valence-corrected chi connectivity index (χ1v) is 6.24. The maximum atomic E-state index is 4.52. The van der Waals surface area contributed by atoms with Crippen molar-refractivity contribution in [2.75, 3.05) is 6.54 Å². The molecule has 1 N–H and O–H groups in total. The lowest BCUT2D eigenvalue weighted by atomic mass is 10.3. The van der Waals surface area contributed by atoms with Crippen LogP contribution >= 0.6 is 11.3 Å². The second-order valence-electron chi connectivity index (χ2n) is 3.39. The third-order valence-corrected chi connectivity index (χ3v) is 3.05. The van der Waals surface area contributed by atoms with Crippen LogP contribution in [0, 0.1) is 11.8 Å². The Kier molecular flexibility index (Phi) is 4.25. The fourth-order valence-corrected chi connectivity index (χ4v) is 2.13. The smallest absolute Gasteiger partial charge is 0.142 e. The van der Waals surface area contributed by atoms with Crippen molar-refractivity contribution in [3.63, 3.8) is 0 Å². The van der Waals surface area contributed by atoms with E-state index in [1.807, 2.05) is 25.1 Å². The highest BCUT2D eigenvalue weighted by Gasteiger charge is 2.04. The summed E-state index contributed by atoms with van der Waals surface area (Å²) in [6.07, 6.45) is 1.78. The summed E-state index contributed by atoms with van der Waals surface area (Å²) < 4.78 is 0. The number of aromatic nitrogens is 2. The van der Waals surface area contributed by atoms with E-state index in [2.05, 4.69) is 32.5 Å². The van der Waals surface area contributed by atoms with Crippen LogP contribution in [0.25, 0.3) is 10.7 Å². The lowest BCUT2D eigenvalue weighted by molar-refractivity contribution is 0.754. The maximum absolute atomic E-state index is 4.52. The van der Waals surface area contributed by atoms with Crippen molar-refractivity contribution in [1.29, 1.82) is 0 Å². The molecule has 2 aromatic rings. The van der Waals surface area contributed by atoms with Gasteiger partial charge in [-0.1, -0.05) is 12.0 Å². The molecule has 3 nitrogen and oxygen atoms in total. The minimum atomic E-state index is 0.701. The Bertz CT molecular complexity index is 522. The summed E-state index contributed by atoms with van der Waals surface area (Å²) in [5.74, 6) is 5.80. The molecule has 17 heavy (non-hydrogen) atoms. The maximum Gasteiger partial charge on any atom is 0.142 e. The molecule has 0 saturated carbocycles. The number of nitrogens with zero attached hydrogens (tertiary/aromatic N) is 2. The zero-order valence-electron chi connectivity index (χ0n) is 9.60. The second kappa shape index (κ2) is 6.14. The molecule has 0 aliphatic carbocycles. The standard InChI is InChI=1S/C13H13N3S/c1-2-3-7-14-9-11-10-17-13(16-11)12-6-4-5-8-15-12/h4-6,8,10,14H,7,9H2,1H3. The Labute approximate surface area is 105 Å². The van der Waals surface area contributed by atoms with E-state index in [1.54, 1.807) is 17.5 Å². The molecule has 2 heterocycles. The van der Waals surface area contributed by atoms with Crippen LogP contribution in [-0.4, -0.2) is 16.5 Å². The lowest BCUT2D eigenvalue weighted by Crippen LogP contribution is -2.13. The van der Waals surface area contributed by atoms with Gasteiger partial charge in [0.25, 0.3) is 0 Å². The van der Waals surface area contributed by atoms with Crippen LogP contribution in [0.2, 0.25) is 0 Å². The van der Waals surface area contributed by atoms with Crippen LogP contribution in [0.4, 0.5) is 0 Å². The van der Waals surface area contributed by atoms with Gasteiger partial charge in [-0.05, 0) is 19.1 Å². The second-order valence-corrected chi connectivity index (χ2v) is 4.25. The Morgan fingerprint density at radius 2 is 2.35 bits per heavy atom. The van der Waals surface area contributed by atoms with Crippen LogP contribution in [0.15, 0.2) is 29.8 Å². The van der Waals surface area contributed by atoms with Gasteiger partial charge in [0, 0.05) is 18.1 Å². The minimum Gasteiger partial charge on any atom is -0.301 e. The van der Waals surface area contributed by atoms with Gasteiger partial charge in [0.1, 0.15) is 5.01 Å². The molecular formula is C13H13N3S. The predicted molar refractivity (Wildman–Crippen MR) is 70.5 cm³/mol. The van der Waals surface area contributed by atoms with E-state index in [9.17, 15) is 0 Å². The largest absolute Gasteiger partial charge is 0.301 e. The number of hydrogen-bond acceptors (Lipinski definition) is 4. The Hall–Kier alpha value is -1.70. The van der Waals surface area contributed by atoms with E-state index in [4.69, 9.17) is 0 Å². The summed E-state index contributed by atoms with van der Waals surface area (Å²) in [5, 5.41) is 6.23. The van der Waals surface area contributed by atoms with Crippen LogP contribution in [0.3, 0.4) is 0 Å². The predicted octanol–water partition coefficient (Wildman–Crippen LogP) is 2.32. The van der Waals surface area contributed by atoms with Gasteiger partial charge in [0.05, 0.1) is 17.9 Å². The van der Waals surface area contributed by atoms with Crippen molar-refractivity contribution in [3.8, 4) is 22.5 Å². The highest BCUT2D eigenvalue weighted by Crippen LogP contribution is 2.20. The normalized spacial score (nSPS) is 9.71. The average molecular weight is 243 g/mol. The molecule has 2 rings (SSSR count). The summed E-state index contributed by atoms with van der Waals surface area (Å²) in [6, 6.07) is 5.85. The zero-order chi connectivity index (χ0) is 11.9. The molecular weight excluding hydrogens is 230 g/mol. The first-order valence-electron chi connectivity index (χ1n) is 5.36. The summed E-state index contributed by atoms with van der Waals surface area (Å²) in [5.41, 5.74) is 1.96. The molecule has 0 bridgehead atoms. The van der Waals surface area contributed by atoms with Gasteiger partial charge in [-0.3, -0.25) is 4.98 Å². The van der Waals surface area contributed by atoms with Crippen molar-refractivity contribution in [1.82, 2.24) is 15.3 Å². The topological polar surface area (TPSA) is 37.8 Å². The van der Waals surface area contributed by atoms with Gasteiger partial charge >= 0.3 is 0 Å². The minimum absolute atomic E-state index is 0.701. The van der Waals surface area contributed by atoms with Gasteiger partial charge in [-0.2, -0.15) is 0 Å². The Morgan fingerprint density at radius 3 is 3.12 bits per heavy atom. The Morgan fingerprint density at radius 1 is 1.41 bits per heavy atom. The molecule has 0 aliphatic rings. The fourth-order valence-electron chi connectivity index (χ4n) is 1.34. The molecule has 0 unspecified atom stereocenters. The van der Waals surface area contributed by atoms with E-state index < -0.39 is 0 Å². The molecule has 0 amide bonds. The monoisotopic (exact) mass is 243 g/mol. The third-order valence-electron chi connectivity index (χ3n) is 2.13. The highest BCUT2D eigenvalue weighted by molar-refractivity contribution is 7.13. The van der Waals surface area contributed by atoms with Crippen molar-refractivity contribution in [2.45, 2.75) is 13.5 Å². The van der Waals surface area contributed by atoms with Gasteiger partial charge in [-0.25, -0.2) is 4.98 Å². The van der Waals surface area contributed by atoms with Gasteiger partial charge < -0.3 is 5.32 Å². The summed E-state index contributed by atoms with van der Waals surface area (Å²) in [7, 11) is 0. The van der Waals surface area contributed by atoms with Gasteiger partial charge in [-0.15, -0.1) is 17.3 Å². The number of nitrogens with one attached hydrogen (secondary N) is 1. The number of rotatable bonds is 4. The molecule has 0 spiro atoms. The van der Waals surface area contributed by atoms with Gasteiger partial charge in [0.2, 0.25) is 0 Å². The van der Waals surface area contributed by atoms with E-state index in [0.29, 0.717) is 6.54 Å². The molecule has 0 aliphatic heterocycles. The quantitative estimate of drug-likeness (QED) is 0.661. The first-order chi connectivity index (χ1) is 8.40. The molecule has 4 heteroatoms. The first kappa shape index (κ1) is 11.8. The summed E-state index contributed by atoms with van der Waals surface area (Å²) in [4.78, 5) is 8.80. The average Bonchev–Trinajstić information content (AvgIpc) is 2.85. The summed E-state index contributed by atoms with van der Waals surface area (Å²) >= 11 is 1.62. The number of thiazole rings is 1. The molecule has 0 atom stereocenters. The lowest BCUT2D eigenvalue weighted by Gasteiger charge is -1.96. The third kappa shape index (κ3) is 3.38. The molecule has 2 aromatic heterocycles. The molecule has 0 saturated heterocycles. The van der Waals surface area contributed by atoms with E-state index >= 15 is 0 Å². The van der Waals surface area contributed by atoms with E-state index in [0.717, 1.165) is 22.9 Å². The SMILES string of the molecule is CC#CCNCc1csc(-c2ccccn2)n1. The fraction of sp³-hybridized carbons (Fsp3) is 0.231. The summed E-state index contributed by atoms with van der Waals surface area (Å²) in [6.45, 7) is 3.29. The van der Waals surface area contributed by atoms with E-state index in [1.165, 1.54) is 0 Å². The highest BCUT2D eigenvalue weighted by atomic mass is 32.1. The van der Waals surface area contributed by atoms with Crippen molar-refractivity contribution >= 4 is 11.3 Å². The molecule has 0 radical (unpaired) electrons. The van der Waals surface area contributed by atoms with Gasteiger partial charge in [0.15, 0.2) is 0 Å². The van der Waals surface area contributed by atoms with Crippen molar-refractivity contribution < 1.29 is 0 Å². The number of pyridine rings is 1. The van der Waals surface area contributed by atoms with Crippen LogP contribution in [-0.2, 0) is 6.54 Å².